The molecule has 0 atom stereocenters. The van der Waals surface area contributed by atoms with Crippen molar-refractivity contribution in [3.8, 4) is 11.5 Å². The molecule has 2 aromatic heterocycles. The Morgan fingerprint density at radius 3 is 2.77 bits per heavy atom. The highest BCUT2D eigenvalue weighted by molar-refractivity contribution is 7.22. The van der Waals surface area contributed by atoms with E-state index in [-0.39, 0.29) is 18.6 Å². The van der Waals surface area contributed by atoms with Gasteiger partial charge in [0.05, 0.1) is 15.6 Å². The van der Waals surface area contributed by atoms with Crippen LogP contribution in [0.25, 0.3) is 10.2 Å². The van der Waals surface area contributed by atoms with Gasteiger partial charge in [-0.05, 0) is 55.9 Å². The van der Waals surface area contributed by atoms with Gasteiger partial charge >= 0.3 is 5.97 Å². The first-order valence-electron chi connectivity index (χ1n) is 10.4. The van der Waals surface area contributed by atoms with Crippen molar-refractivity contribution in [1.29, 1.82) is 0 Å². The van der Waals surface area contributed by atoms with Gasteiger partial charge in [0, 0.05) is 12.5 Å². The van der Waals surface area contributed by atoms with Crippen LogP contribution in [0.4, 0.5) is 5.82 Å². The zero-order valence-corrected chi connectivity index (χ0v) is 18.3. The van der Waals surface area contributed by atoms with E-state index >= 15 is 0 Å². The highest BCUT2D eigenvalue weighted by Crippen LogP contribution is 2.38. The number of hydrogen-bond donors (Lipinski definition) is 2. The van der Waals surface area contributed by atoms with Crippen LogP contribution in [0.1, 0.15) is 43.0 Å². The standard InChI is InChI=1S/C22H22ClN3O4S/c23-18-10-15-20(24-8-7-12-1-6-16-17(9-12)30-11-29-16)25-19(26-21(15)31-18)13-2-4-14(5-3-13)22(27)28/h1,6,9-10,13-14H,2-5,7-8,11H2,(H,27,28)(H,24,25,26). The quantitative estimate of drug-likeness (QED) is 0.530. The molecule has 1 fully saturated rings. The maximum absolute atomic E-state index is 11.3. The fraction of sp³-hybridized carbons (Fsp3) is 0.409. The van der Waals surface area contributed by atoms with Gasteiger partial charge in [-0.1, -0.05) is 17.7 Å². The van der Waals surface area contributed by atoms with E-state index in [0.717, 1.165) is 58.2 Å². The molecule has 0 bridgehead atoms. The highest BCUT2D eigenvalue weighted by atomic mass is 35.5. The Kier molecular flexibility index (Phi) is 5.58. The fourth-order valence-corrected chi connectivity index (χ4v) is 5.34. The first-order chi connectivity index (χ1) is 15.1. The third-order valence-electron chi connectivity index (χ3n) is 5.96. The Morgan fingerprint density at radius 2 is 1.97 bits per heavy atom. The minimum Gasteiger partial charge on any atom is -0.481 e. The maximum atomic E-state index is 11.3. The molecule has 162 valence electrons. The van der Waals surface area contributed by atoms with Crippen LogP contribution in [-0.2, 0) is 11.2 Å². The largest absolute Gasteiger partial charge is 0.481 e. The van der Waals surface area contributed by atoms with Crippen molar-refractivity contribution in [2.75, 3.05) is 18.7 Å². The SMILES string of the molecule is O=C(O)C1CCC(c2nc(NCCc3ccc4c(c3)OCO4)c3cc(Cl)sc3n2)CC1. The van der Waals surface area contributed by atoms with Crippen LogP contribution in [0, 0.1) is 5.92 Å². The molecule has 0 unspecified atom stereocenters. The second kappa shape index (κ2) is 8.51. The first-order valence-corrected chi connectivity index (χ1v) is 11.6. The molecule has 0 saturated heterocycles. The summed E-state index contributed by atoms with van der Waals surface area (Å²) < 4.78 is 11.5. The molecule has 2 N–H and O–H groups in total. The van der Waals surface area contributed by atoms with Gasteiger partial charge in [0.1, 0.15) is 16.5 Å². The molecule has 7 nitrogen and oxygen atoms in total. The van der Waals surface area contributed by atoms with Crippen molar-refractivity contribution in [2.24, 2.45) is 5.92 Å². The summed E-state index contributed by atoms with van der Waals surface area (Å²) in [5.41, 5.74) is 1.15. The number of hydrogen-bond acceptors (Lipinski definition) is 7. The number of fused-ring (bicyclic) bond motifs is 2. The third kappa shape index (κ3) is 4.27. The monoisotopic (exact) mass is 459 g/mol. The molecule has 31 heavy (non-hydrogen) atoms. The van der Waals surface area contributed by atoms with Gasteiger partial charge in [0.25, 0.3) is 0 Å². The average molecular weight is 460 g/mol. The van der Waals surface area contributed by atoms with Gasteiger partial charge in [-0.2, -0.15) is 0 Å². The molecule has 0 spiro atoms. The molecule has 3 heterocycles. The van der Waals surface area contributed by atoms with Crippen molar-refractivity contribution >= 4 is 44.9 Å². The number of ether oxygens (including phenoxy) is 2. The van der Waals surface area contributed by atoms with Crippen LogP contribution in [0.5, 0.6) is 11.5 Å². The van der Waals surface area contributed by atoms with Crippen LogP contribution in [-0.4, -0.2) is 34.4 Å². The van der Waals surface area contributed by atoms with E-state index in [1.165, 1.54) is 11.3 Å². The molecule has 3 aromatic rings. The highest BCUT2D eigenvalue weighted by Gasteiger charge is 2.29. The summed E-state index contributed by atoms with van der Waals surface area (Å²) in [4.78, 5) is 21.7. The minimum atomic E-state index is -0.703. The van der Waals surface area contributed by atoms with Crippen molar-refractivity contribution in [3.63, 3.8) is 0 Å². The van der Waals surface area contributed by atoms with E-state index in [4.69, 9.17) is 31.0 Å². The van der Waals surface area contributed by atoms with Crippen LogP contribution in [0.3, 0.4) is 0 Å². The van der Waals surface area contributed by atoms with Crippen molar-refractivity contribution in [1.82, 2.24) is 9.97 Å². The number of anilines is 1. The second-order valence-corrected chi connectivity index (χ2v) is 9.61. The van der Waals surface area contributed by atoms with E-state index in [9.17, 15) is 9.90 Å². The molecule has 1 aromatic carbocycles. The number of carboxylic acids is 1. The zero-order chi connectivity index (χ0) is 21.4. The molecule has 5 rings (SSSR count). The topological polar surface area (TPSA) is 93.6 Å². The number of nitrogens with zero attached hydrogens (tertiary/aromatic N) is 2. The summed E-state index contributed by atoms with van der Waals surface area (Å²) in [6, 6.07) is 7.88. The van der Waals surface area contributed by atoms with Gasteiger partial charge in [0.2, 0.25) is 6.79 Å². The molecule has 1 aliphatic carbocycles. The molecule has 9 heteroatoms. The van der Waals surface area contributed by atoms with E-state index in [0.29, 0.717) is 23.7 Å². The van der Waals surface area contributed by atoms with Gasteiger partial charge < -0.3 is 19.9 Å². The Morgan fingerprint density at radius 1 is 1.16 bits per heavy atom. The number of benzene rings is 1. The summed E-state index contributed by atoms with van der Waals surface area (Å²) in [6.07, 6.45) is 3.72. The Balaban J connectivity index is 1.32. The Bertz CT molecular complexity index is 1130. The number of carbonyl (C=O) groups is 1. The molecule has 1 saturated carbocycles. The van der Waals surface area contributed by atoms with E-state index in [2.05, 4.69) is 5.32 Å². The van der Waals surface area contributed by atoms with Gasteiger partial charge in [-0.3, -0.25) is 4.79 Å². The molecule has 0 amide bonds. The van der Waals surface area contributed by atoms with Crippen LogP contribution >= 0.6 is 22.9 Å². The summed E-state index contributed by atoms with van der Waals surface area (Å²) in [5, 5.41) is 13.6. The van der Waals surface area contributed by atoms with Crippen LogP contribution < -0.4 is 14.8 Å². The second-order valence-electron chi connectivity index (χ2n) is 7.95. The number of aliphatic carboxylic acids is 1. The lowest BCUT2D eigenvalue weighted by Gasteiger charge is -2.25. The minimum absolute atomic E-state index is 0.176. The van der Waals surface area contributed by atoms with Crippen LogP contribution in [0.2, 0.25) is 4.34 Å². The van der Waals surface area contributed by atoms with Crippen molar-refractivity contribution in [3.05, 3.63) is 40.0 Å². The lowest BCUT2D eigenvalue weighted by atomic mass is 9.81. The molecule has 0 radical (unpaired) electrons. The van der Waals surface area contributed by atoms with Crippen LogP contribution in [0.15, 0.2) is 24.3 Å². The summed E-state index contributed by atoms with van der Waals surface area (Å²) in [7, 11) is 0. The molecular weight excluding hydrogens is 438 g/mol. The van der Waals surface area contributed by atoms with Gasteiger partial charge in [-0.15, -0.1) is 11.3 Å². The smallest absolute Gasteiger partial charge is 0.306 e. The van der Waals surface area contributed by atoms with Crippen molar-refractivity contribution < 1.29 is 19.4 Å². The predicted molar refractivity (Wildman–Crippen MR) is 120 cm³/mol. The normalized spacial score (nSPS) is 20.2. The van der Waals surface area contributed by atoms with Gasteiger partial charge in [0.15, 0.2) is 11.5 Å². The summed E-state index contributed by atoms with van der Waals surface area (Å²) >= 11 is 7.71. The lowest BCUT2D eigenvalue weighted by molar-refractivity contribution is -0.142. The fourth-order valence-electron chi connectivity index (χ4n) is 4.25. The molecule has 1 aliphatic heterocycles. The molecular formula is C22H22ClN3O4S. The number of rotatable bonds is 6. The maximum Gasteiger partial charge on any atom is 0.306 e. The third-order valence-corrected chi connectivity index (χ3v) is 7.12. The summed E-state index contributed by atoms with van der Waals surface area (Å²) in [5.74, 6) is 2.34. The number of thiophene rings is 1. The number of nitrogens with one attached hydrogen (secondary N) is 1. The number of aromatic nitrogens is 2. The van der Waals surface area contributed by atoms with E-state index in [1.807, 2.05) is 24.3 Å². The zero-order valence-electron chi connectivity index (χ0n) is 16.8. The predicted octanol–water partition coefficient (Wildman–Crippen LogP) is 5.09. The molecule has 2 aliphatic rings. The average Bonchev–Trinajstić information content (AvgIpc) is 3.38. The number of halogens is 1. The van der Waals surface area contributed by atoms with Gasteiger partial charge in [-0.25, -0.2) is 9.97 Å². The van der Waals surface area contributed by atoms with E-state index in [1.54, 1.807) is 0 Å². The number of carboxylic acid groups (broad SMARTS) is 1. The Labute approximate surface area is 188 Å². The van der Waals surface area contributed by atoms with Crippen molar-refractivity contribution in [2.45, 2.75) is 38.0 Å². The first kappa shape index (κ1) is 20.3. The Hall–Kier alpha value is -2.58. The van der Waals surface area contributed by atoms with E-state index < -0.39 is 5.97 Å². The summed E-state index contributed by atoms with van der Waals surface area (Å²) in [6.45, 7) is 0.969. The lowest BCUT2D eigenvalue weighted by Crippen LogP contribution is -2.21.